The van der Waals surface area contributed by atoms with Gasteiger partial charge in [-0.25, -0.2) is 4.98 Å². The summed E-state index contributed by atoms with van der Waals surface area (Å²) in [6.45, 7) is 7.23. The van der Waals surface area contributed by atoms with E-state index in [0.29, 0.717) is 5.92 Å². The number of imidazole rings is 1. The third-order valence-electron chi connectivity index (χ3n) is 5.74. The molecule has 0 atom stereocenters. The number of hydrogen-bond donors (Lipinski definition) is 0. The van der Waals surface area contributed by atoms with Crippen molar-refractivity contribution in [2.24, 2.45) is 0 Å². The van der Waals surface area contributed by atoms with E-state index in [1.807, 2.05) is 41.2 Å². The van der Waals surface area contributed by atoms with Crippen LogP contribution in [0.3, 0.4) is 0 Å². The second kappa shape index (κ2) is 8.59. The molecule has 0 aliphatic carbocycles. The first kappa shape index (κ1) is 19.4. The largest absolute Gasteiger partial charge is 0.338 e. The molecular formula is C22H28N6O. The second-order valence-corrected chi connectivity index (χ2v) is 7.71. The Bertz CT molecular complexity index is 953. The summed E-state index contributed by atoms with van der Waals surface area (Å²) in [4.78, 5) is 23.8. The zero-order chi connectivity index (χ0) is 20.2. The molecule has 1 amide bonds. The molecule has 1 fully saturated rings. The number of likely N-dealkylation sites (tertiary alicyclic amines) is 1. The molecule has 0 N–H and O–H groups in total. The molecule has 7 nitrogen and oxygen atoms in total. The molecule has 4 heterocycles. The number of pyridine rings is 1. The van der Waals surface area contributed by atoms with Gasteiger partial charge in [0.05, 0.1) is 18.3 Å². The minimum Gasteiger partial charge on any atom is -0.338 e. The van der Waals surface area contributed by atoms with Crippen molar-refractivity contribution in [1.29, 1.82) is 0 Å². The fourth-order valence-electron chi connectivity index (χ4n) is 4.11. The van der Waals surface area contributed by atoms with E-state index >= 15 is 0 Å². The van der Waals surface area contributed by atoms with Gasteiger partial charge in [-0.15, -0.1) is 0 Å². The highest BCUT2D eigenvalue weighted by Gasteiger charge is 2.28. The Kier molecular flexibility index (Phi) is 5.74. The molecule has 7 heteroatoms. The fraction of sp³-hybridized carbons (Fsp3) is 0.455. The topological polar surface area (TPSA) is 68.8 Å². The molecule has 1 saturated heterocycles. The Morgan fingerprint density at radius 1 is 1.21 bits per heavy atom. The lowest BCUT2D eigenvalue weighted by Crippen LogP contribution is -2.38. The van der Waals surface area contributed by atoms with E-state index in [2.05, 4.69) is 32.6 Å². The van der Waals surface area contributed by atoms with Gasteiger partial charge in [-0.05, 0) is 37.8 Å². The molecule has 3 aromatic heterocycles. The van der Waals surface area contributed by atoms with E-state index in [9.17, 15) is 4.79 Å². The van der Waals surface area contributed by atoms with Crippen LogP contribution in [0.25, 0.3) is 0 Å². The normalized spacial score (nSPS) is 15.0. The first-order valence-electron chi connectivity index (χ1n) is 10.4. The molecule has 0 unspecified atom stereocenters. The number of rotatable bonds is 6. The Hall–Kier alpha value is -2.96. The monoisotopic (exact) mass is 392 g/mol. The van der Waals surface area contributed by atoms with Crippen LogP contribution in [0.1, 0.15) is 59.5 Å². The zero-order valence-electron chi connectivity index (χ0n) is 17.2. The van der Waals surface area contributed by atoms with Crippen LogP contribution in [-0.2, 0) is 13.1 Å². The van der Waals surface area contributed by atoms with Crippen molar-refractivity contribution in [2.75, 3.05) is 13.1 Å². The molecular weight excluding hydrogens is 364 g/mol. The van der Waals surface area contributed by atoms with Crippen LogP contribution < -0.4 is 0 Å². The fourth-order valence-corrected chi connectivity index (χ4v) is 4.11. The van der Waals surface area contributed by atoms with Gasteiger partial charge < -0.3 is 9.47 Å². The lowest BCUT2D eigenvalue weighted by molar-refractivity contribution is 0.0709. The van der Waals surface area contributed by atoms with Crippen molar-refractivity contribution in [3.63, 3.8) is 0 Å². The molecule has 0 saturated carbocycles. The van der Waals surface area contributed by atoms with Gasteiger partial charge in [-0.1, -0.05) is 13.0 Å². The minimum atomic E-state index is 0.0991. The highest BCUT2D eigenvalue weighted by molar-refractivity contribution is 5.95. The average molecular weight is 393 g/mol. The number of aromatic nitrogens is 5. The Morgan fingerprint density at radius 2 is 2.03 bits per heavy atom. The number of aryl methyl sites for hydroxylation is 1. The summed E-state index contributed by atoms with van der Waals surface area (Å²) in [7, 11) is 0. The molecule has 4 rings (SSSR count). The Labute approximate surface area is 171 Å². The molecule has 1 aliphatic heterocycles. The van der Waals surface area contributed by atoms with Crippen LogP contribution in [0.4, 0.5) is 0 Å². The predicted octanol–water partition coefficient (Wildman–Crippen LogP) is 3.26. The molecule has 0 spiro atoms. The van der Waals surface area contributed by atoms with E-state index in [-0.39, 0.29) is 5.91 Å². The molecule has 0 aromatic carbocycles. The van der Waals surface area contributed by atoms with Gasteiger partial charge in [0.1, 0.15) is 5.82 Å². The van der Waals surface area contributed by atoms with E-state index in [1.165, 1.54) is 5.56 Å². The summed E-state index contributed by atoms with van der Waals surface area (Å²) >= 11 is 0. The van der Waals surface area contributed by atoms with E-state index in [1.54, 1.807) is 12.4 Å². The number of hydrogen-bond acceptors (Lipinski definition) is 4. The van der Waals surface area contributed by atoms with Crippen molar-refractivity contribution in [2.45, 2.75) is 52.1 Å². The average Bonchev–Trinajstić information content (AvgIpc) is 3.36. The van der Waals surface area contributed by atoms with E-state index < -0.39 is 0 Å². The van der Waals surface area contributed by atoms with Gasteiger partial charge in [0.15, 0.2) is 0 Å². The maximum atomic E-state index is 13.0. The first-order chi connectivity index (χ1) is 14.2. The Balaban J connectivity index is 1.40. The van der Waals surface area contributed by atoms with Gasteiger partial charge in [0, 0.05) is 56.0 Å². The van der Waals surface area contributed by atoms with Crippen molar-refractivity contribution >= 4 is 5.91 Å². The number of carbonyl (C=O) groups excluding carboxylic acids is 1. The van der Waals surface area contributed by atoms with Crippen LogP contribution >= 0.6 is 0 Å². The van der Waals surface area contributed by atoms with Crippen LogP contribution in [0.15, 0.2) is 43.1 Å². The summed E-state index contributed by atoms with van der Waals surface area (Å²) in [6, 6.07) is 4.04. The summed E-state index contributed by atoms with van der Waals surface area (Å²) in [5.74, 6) is 1.57. The third-order valence-corrected chi connectivity index (χ3v) is 5.74. The van der Waals surface area contributed by atoms with Crippen LogP contribution in [0.5, 0.6) is 0 Å². The van der Waals surface area contributed by atoms with Gasteiger partial charge >= 0.3 is 0 Å². The molecule has 0 radical (unpaired) electrons. The summed E-state index contributed by atoms with van der Waals surface area (Å²) in [5.41, 5.74) is 2.86. The highest BCUT2D eigenvalue weighted by atomic mass is 16.2. The Morgan fingerprint density at radius 3 is 2.76 bits per heavy atom. The quantitative estimate of drug-likeness (QED) is 0.646. The van der Waals surface area contributed by atoms with Crippen LogP contribution in [-0.4, -0.2) is 48.2 Å². The van der Waals surface area contributed by atoms with Crippen molar-refractivity contribution in [1.82, 2.24) is 29.2 Å². The van der Waals surface area contributed by atoms with Crippen LogP contribution in [0.2, 0.25) is 0 Å². The van der Waals surface area contributed by atoms with Gasteiger partial charge in [0.25, 0.3) is 5.91 Å². The third kappa shape index (κ3) is 4.09. The zero-order valence-corrected chi connectivity index (χ0v) is 17.2. The smallest absolute Gasteiger partial charge is 0.257 e. The van der Waals surface area contributed by atoms with Crippen LogP contribution in [0, 0.1) is 6.92 Å². The van der Waals surface area contributed by atoms with Gasteiger partial charge in [0.2, 0.25) is 0 Å². The van der Waals surface area contributed by atoms with Crippen molar-refractivity contribution < 1.29 is 4.79 Å². The molecule has 0 bridgehead atoms. The molecule has 152 valence electrons. The maximum Gasteiger partial charge on any atom is 0.257 e. The van der Waals surface area contributed by atoms with Crippen molar-refractivity contribution in [3.8, 4) is 0 Å². The first-order valence-corrected chi connectivity index (χ1v) is 10.4. The van der Waals surface area contributed by atoms with E-state index in [0.717, 1.165) is 62.5 Å². The summed E-state index contributed by atoms with van der Waals surface area (Å²) in [6.07, 6.45) is 12.2. The minimum absolute atomic E-state index is 0.0991. The van der Waals surface area contributed by atoms with E-state index in [4.69, 9.17) is 0 Å². The number of carbonyl (C=O) groups is 1. The summed E-state index contributed by atoms with van der Waals surface area (Å²) < 4.78 is 4.13. The number of amides is 1. The lowest BCUT2D eigenvalue weighted by Gasteiger charge is -2.32. The maximum absolute atomic E-state index is 13.0. The predicted molar refractivity (Wildman–Crippen MR) is 111 cm³/mol. The standard InChI is InChI=1S/C22H28N6O/c1-3-10-28-17(2)20(15-25-28)22(29)26-11-6-19(7-12-26)21-24-9-13-27(21)16-18-5-4-8-23-14-18/h4-5,8-9,13-15,19H,3,6-7,10-12,16H2,1-2H3. The molecule has 3 aromatic rings. The van der Waals surface area contributed by atoms with Gasteiger partial charge in [-0.3, -0.25) is 14.5 Å². The lowest BCUT2D eigenvalue weighted by atomic mass is 9.95. The number of piperidine rings is 1. The SMILES string of the molecule is CCCn1ncc(C(=O)N2CCC(c3nccn3Cc3cccnc3)CC2)c1C. The number of nitrogens with zero attached hydrogens (tertiary/aromatic N) is 6. The summed E-state index contributed by atoms with van der Waals surface area (Å²) in [5, 5.41) is 4.38. The van der Waals surface area contributed by atoms with Gasteiger partial charge in [-0.2, -0.15) is 5.10 Å². The second-order valence-electron chi connectivity index (χ2n) is 7.71. The molecule has 1 aliphatic rings. The van der Waals surface area contributed by atoms with Crippen molar-refractivity contribution in [3.05, 3.63) is 65.8 Å². The molecule has 29 heavy (non-hydrogen) atoms. The highest BCUT2D eigenvalue weighted by Crippen LogP contribution is 2.28.